The van der Waals surface area contributed by atoms with Crippen LogP contribution in [0.4, 0.5) is 0 Å². The predicted octanol–water partition coefficient (Wildman–Crippen LogP) is 1.76. The number of nitrogens with one attached hydrogen (secondary N) is 2. The van der Waals surface area contributed by atoms with Crippen molar-refractivity contribution in [3.63, 3.8) is 0 Å². The van der Waals surface area contributed by atoms with E-state index in [1.807, 2.05) is 36.4 Å². The smallest absolute Gasteiger partial charge is 0.0892 e. The molecule has 3 rings (SSSR count). The molecule has 22 heavy (non-hydrogen) atoms. The molecule has 1 aliphatic heterocycles. The van der Waals surface area contributed by atoms with E-state index in [9.17, 15) is 5.11 Å². The molecule has 3 nitrogen and oxygen atoms in total. The van der Waals surface area contributed by atoms with E-state index in [4.69, 9.17) is 0 Å². The summed E-state index contributed by atoms with van der Waals surface area (Å²) >= 11 is 0. The van der Waals surface area contributed by atoms with E-state index in [2.05, 4.69) is 34.9 Å². The Morgan fingerprint density at radius 2 is 1.41 bits per heavy atom. The van der Waals surface area contributed by atoms with Crippen LogP contribution in [0.1, 0.15) is 11.1 Å². The first kappa shape index (κ1) is 15.2. The molecule has 1 aliphatic rings. The van der Waals surface area contributed by atoms with Crippen molar-refractivity contribution in [3.05, 3.63) is 71.8 Å². The lowest BCUT2D eigenvalue weighted by molar-refractivity contribution is -0.00231. The lowest BCUT2D eigenvalue weighted by Crippen LogP contribution is -2.62. The van der Waals surface area contributed by atoms with Crippen molar-refractivity contribution in [1.29, 1.82) is 0 Å². The van der Waals surface area contributed by atoms with E-state index in [1.54, 1.807) is 0 Å². The van der Waals surface area contributed by atoms with Gasteiger partial charge in [0.05, 0.1) is 5.60 Å². The highest BCUT2D eigenvalue weighted by atomic mass is 16.3. The van der Waals surface area contributed by atoms with Crippen molar-refractivity contribution in [2.24, 2.45) is 0 Å². The second kappa shape index (κ2) is 7.05. The topological polar surface area (TPSA) is 44.3 Å². The van der Waals surface area contributed by atoms with E-state index in [1.165, 1.54) is 11.1 Å². The number of benzene rings is 2. The molecule has 116 valence electrons. The molecule has 2 aromatic rings. The number of hydrogen-bond acceptors (Lipinski definition) is 3. The van der Waals surface area contributed by atoms with E-state index < -0.39 is 5.60 Å². The maximum atomic E-state index is 11.4. The van der Waals surface area contributed by atoms with Crippen LogP contribution < -0.4 is 10.6 Å². The van der Waals surface area contributed by atoms with Gasteiger partial charge in [-0.15, -0.1) is 0 Å². The monoisotopic (exact) mass is 296 g/mol. The Labute approximate surface area is 132 Å². The third kappa shape index (κ3) is 3.74. The second-order valence-electron chi connectivity index (χ2n) is 6.14. The largest absolute Gasteiger partial charge is 0.388 e. The summed E-state index contributed by atoms with van der Waals surface area (Å²) in [4.78, 5) is 0. The molecule has 3 heteroatoms. The summed E-state index contributed by atoms with van der Waals surface area (Å²) in [5, 5.41) is 18.3. The standard InChI is InChI=1S/C19H24N2O/c22-19(18-15-20-11-12-21-18,13-16-7-3-1-4-8-16)14-17-9-5-2-6-10-17/h1-10,18,20-22H,11-15H2/t18-/m1/s1. The minimum atomic E-state index is -0.796. The van der Waals surface area contributed by atoms with Crippen LogP contribution in [0.5, 0.6) is 0 Å². The van der Waals surface area contributed by atoms with Gasteiger partial charge in [0, 0.05) is 38.5 Å². The minimum absolute atomic E-state index is 0.0571. The summed E-state index contributed by atoms with van der Waals surface area (Å²) in [5.74, 6) is 0. The number of rotatable bonds is 5. The Bertz CT molecular complexity index is 523. The van der Waals surface area contributed by atoms with Gasteiger partial charge in [-0.25, -0.2) is 0 Å². The zero-order valence-electron chi connectivity index (χ0n) is 12.8. The molecule has 1 fully saturated rings. The van der Waals surface area contributed by atoms with Gasteiger partial charge in [-0.2, -0.15) is 0 Å². The zero-order chi connectivity index (χ0) is 15.3. The Kier molecular flexibility index (Phi) is 4.88. The van der Waals surface area contributed by atoms with Crippen LogP contribution >= 0.6 is 0 Å². The fourth-order valence-corrected chi connectivity index (χ4v) is 3.24. The predicted molar refractivity (Wildman–Crippen MR) is 89.9 cm³/mol. The Morgan fingerprint density at radius 3 is 1.86 bits per heavy atom. The molecule has 1 atom stereocenters. The molecular weight excluding hydrogens is 272 g/mol. The fourth-order valence-electron chi connectivity index (χ4n) is 3.24. The van der Waals surface area contributed by atoms with Gasteiger partial charge >= 0.3 is 0 Å². The summed E-state index contributed by atoms with van der Waals surface area (Å²) in [5.41, 5.74) is 1.55. The molecule has 0 saturated carbocycles. The lowest BCUT2D eigenvalue weighted by atomic mass is 9.81. The molecule has 0 unspecified atom stereocenters. The molecule has 1 heterocycles. The quantitative estimate of drug-likeness (QED) is 0.788. The van der Waals surface area contributed by atoms with Crippen LogP contribution in [0.25, 0.3) is 0 Å². The average Bonchev–Trinajstić information content (AvgIpc) is 2.57. The molecule has 2 aromatic carbocycles. The highest BCUT2D eigenvalue weighted by Crippen LogP contribution is 2.23. The molecule has 0 bridgehead atoms. The van der Waals surface area contributed by atoms with Gasteiger partial charge in [0.15, 0.2) is 0 Å². The van der Waals surface area contributed by atoms with E-state index in [-0.39, 0.29) is 6.04 Å². The van der Waals surface area contributed by atoms with Gasteiger partial charge in [0.1, 0.15) is 0 Å². The van der Waals surface area contributed by atoms with Gasteiger partial charge in [0.2, 0.25) is 0 Å². The van der Waals surface area contributed by atoms with Crippen molar-refractivity contribution in [2.45, 2.75) is 24.5 Å². The van der Waals surface area contributed by atoms with Crippen LogP contribution in [-0.4, -0.2) is 36.4 Å². The summed E-state index contributed by atoms with van der Waals surface area (Å²) < 4.78 is 0. The third-order valence-corrected chi connectivity index (χ3v) is 4.40. The molecule has 0 amide bonds. The molecule has 1 saturated heterocycles. The molecular formula is C19H24N2O. The van der Waals surface area contributed by atoms with Crippen molar-refractivity contribution < 1.29 is 5.11 Å². The third-order valence-electron chi connectivity index (χ3n) is 4.40. The molecule has 0 spiro atoms. The maximum Gasteiger partial charge on any atom is 0.0892 e. The van der Waals surface area contributed by atoms with Crippen molar-refractivity contribution in [2.75, 3.05) is 19.6 Å². The van der Waals surface area contributed by atoms with Crippen LogP contribution in [0.3, 0.4) is 0 Å². The fraction of sp³-hybridized carbons (Fsp3) is 0.368. The van der Waals surface area contributed by atoms with Crippen LogP contribution in [-0.2, 0) is 12.8 Å². The highest BCUT2D eigenvalue weighted by molar-refractivity contribution is 5.23. The first-order chi connectivity index (χ1) is 10.8. The summed E-state index contributed by atoms with van der Waals surface area (Å²) in [6.45, 7) is 2.66. The van der Waals surface area contributed by atoms with E-state index in [0.717, 1.165) is 19.6 Å². The highest BCUT2D eigenvalue weighted by Gasteiger charge is 2.37. The van der Waals surface area contributed by atoms with E-state index in [0.29, 0.717) is 12.8 Å². The first-order valence-electron chi connectivity index (χ1n) is 8.01. The minimum Gasteiger partial charge on any atom is -0.388 e. The van der Waals surface area contributed by atoms with Gasteiger partial charge in [-0.3, -0.25) is 0 Å². The Hall–Kier alpha value is -1.68. The number of piperazine rings is 1. The summed E-state index contributed by atoms with van der Waals surface area (Å²) in [7, 11) is 0. The number of hydrogen-bond donors (Lipinski definition) is 3. The van der Waals surface area contributed by atoms with Crippen molar-refractivity contribution >= 4 is 0 Å². The zero-order valence-corrected chi connectivity index (χ0v) is 12.8. The van der Waals surface area contributed by atoms with Gasteiger partial charge in [-0.1, -0.05) is 60.7 Å². The summed E-state index contributed by atoms with van der Waals surface area (Å²) in [6.07, 6.45) is 1.31. The molecule has 0 aliphatic carbocycles. The maximum absolute atomic E-state index is 11.4. The summed E-state index contributed by atoms with van der Waals surface area (Å²) in [6, 6.07) is 20.6. The van der Waals surface area contributed by atoms with Gasteiger partial charge in [-0.05, 0) is 11.1 Å². The number of aliphatic hydroxyl groups is 1. The molecule has 0 radical (unpaired) electrons. The first-order valence-corrected chi connectivity index (χ1v) is 8.01. The lowest BCUT2D eigenvalue weighted by Gasteiger charge is -2.40. The molecule has 0 aromatic heterocycles. The van der Waals surface area contributed by atoms with Crippen LogP contribution in [0, 0.1) is 0 Å². The Morgan fingerprint density at radius 1 is 0.864 bits per heavy atom. The van der Waals surface area contributed by atoms with Crippen molar-refractivity contribution in [3.8, 4) is 0 Å². The van der Waals surface area contributed by atoms with Gasteiger partial charge < -0.3 is 15.7 Å². The van der Waals surface area contributed by atoms with Crippen LogP contribution in [0.2, 0.25) is 0 Å². The SMILES string of the molecule is OC(Cc1ccccc1)(Cc1ccccc1)[C@H]1CNCCN1. The van der Waals surface area contributed by atoms with Crippen molar-refractivity contribution in [1.82, 2.24) is 10.6 Å². The van der Waals surface area contributed by atoms with Crippen LogP contribution in [0.15, 0.2) is 60.7 Å². The molecule has 3 N–H and O–H groups in total. The second-order valence-corrected chi connectivity index (χ2v) is 6.14. The van der Waals surface area contributed by atoms with E-state index >= 15 is 0 Å². The van der Waals surface area contributed by atoms with Gasteiger partial charge in [0.25, 0.3) is 0 Å². The average molecular weight is 296 g/mol. The normalized spacial score (nSPS) is 19.0. The Balaban J connectivity index is 1.83.